The lowest BCUT2D eigenvalue weighted by molar-refractivity contribution is -0.646. The van der Waals surface area contributed by atoms with Gasteiger partial charge in [-0.2, -0.15) is 4.73 Å². The number of pyridine rings is 1. The maximum absolute atomic E-state index is 12.5. The molecule has 2 aromatic carbocycles. The average Bonchev–Trinajstić information content (AvgIpc) is 2.67. The first kappa shape index (κ1) is 18.7. The van der Waals surface area contributed by atoms with Gasteiger partial charge in [0.1, 0.15) is 6.61 Å². The van der Waals surface area contributed by atoms with Crippen molar-refractivity contribution >= 4 is 9.84 Å². The third-order valence-electron chi connectivity index (χ3n) is 3.93. The fourth-order valence-electron chi connectivity index (χ4n) is 2.60. The fourth-order valence-corrected chi connectivity index (χ4v) is 3.99. The molecular weight excluding hydrogens is 366 g/mol. The summed E-state index contributed by atoms with van der Waals surface area (Å²) in [5.74, 6) is 0.636. The van der Waals surface area contributed by atoms with E-state index in [2.05, 4.69) is 0 Å². The highest BCUT2D eigenvalue weighted by Crippen LogP contribution is 2.30. The van der Waals surface area contributed by atoms with Crippen LogP contribution in [0.5, 0.6) is 11.5 Å². The summed E-state index contributed by atoms with van der Waals surface area (Å²) in [6, 6.07) is 18.9. The van der Waals surface area contributed by atoms with Crippen LogP contribution in [0.1, 0.15) is 11.1 Å². The van der Waals surface area contributed by atoms with Crippen molar-refractivity contribution in [2.24, 2.45) is 0 Å². The zero-order chi connectivity index (χ0) is 19.3. The van der Waals surface area contributed by atoms with Gasteiger partial charge in [-0.1, -0.05) is 36.4 Å². The Morgan fingerprint density at radius 2 is 1.67 bits per heavy atom. The zero-order valence-corrected chi connectivity index (χ0v) is 15.6. The van der Waals surface area contributed by atoms with Gasteiger partial charge in [-0.25, -0.2) is 8.42 Å². The highest BCUT2D eigenvalue weighted by atomic mass is 32.2. The number of hydrogen-bond donors (Lipinski definition) is 0. The molecule has 0 spiro atoms. The van der Waals surface area contributed by atoms with E-state index in [0.717, 1.165) is 11.8 Å². The number of sulfone groups is 1. The smallest absolute Gasteiger partial charge is 0.308 e. The van der Waals surface area contributed by atoms with Gasteiger partial charge < -0.3 is 14.7 Å². The fraction of sp³-hybridized carbons (Fsp3) is 0.150. The Balaban J connectivity index is 1.79. The van der Waals surface area contributed by atoms with E-state index in [1.807, 2.05) is 30.3 Å². The third kappa shape index (κ3) is 4.57. The molecule has 1 aromatic heterocycles. The number of benzene rings is 2. The summed E-state index contributed by atoms with van der Waals surface area (Å²) in [5.41, 5.74) is 1.51. The first-order chi connectivity index (χ1) is 13.0. The SMILES string of the molecule is COc1cc(CS(=O)(=O)c2cccc[n+]2[O-])ccc1OCc1ccccc1. The molecule has 0 aliphatic carbocycles. The first-order valence-electron chi connectivity index (χ1n) is 8.24. The van der Waals surface area contributed by atoms with E-state index in [1.165, 1.54) is 25.3 Å². The van der Waals surface area contributed by atoms with Crippen LogP contribution in [0.2, 0.25) is 0 Å². The van der Waals surface area contributed by atoms with Gasteiger partial charge in [-0.15, -0.1) is 0 Å². The molecule has 0 radical (unpaired) electrons. The number of hydrogen-bond acceptors (Lipinski definition) is 5. The van der Waals surface area contributed by atoms with Crippen molar-refractivity contribution < 1.29 is 22.6 Å². The van der Waals surface area contributed by atoms with Crippen LogP contribution in [0.4, 0.5) is 0 Å². The standard InChI is InChI=1S/C20H19NO5S/c1-25-19-13-17(15-27(23,24)20-9-5-6-12-21(20)22)10-11-18(19)26-14-16-7-3-2-4-8-16/h2-13H,14-15H2,1H3. The van der Waals surface area contributed by atoms with E-state index in [9.17, 15) is 13.6 Å². The van der Waals surface area contributed by atoms with Gasteiger partial charge in [-0.3, -0.25) is 0 Å². The van der Waals surface area contributed by atoms with Crippen molar-refractivity contribution in [3.05, 3.63) is 89.3 Å². The van der Waals surface area contributed by atoms with Gasteiger partial charge in [0.15, 0.2) is 17.7 Å². The van der Waals surface area contributed by atoms with Crippen LogP contribution in [0.3, 0.4) is 0 Å². The second-order valence-electron chi connectivity index (χ2n) is 5.88. The summed E-state index contributed by atoms with van der Waals surface area (Å²) < 4.78 is 36.5. The quantitative estimate of drug-likeness (QED) is 0.462. The lowest BCUT2D eigenvalue weighted by Crippen LogP contribution is -2.33. The monoisotopic (exact) mass is 385 g/mol. The number of nitrogens with zero attached hydrogens (tertiary/aromatic N) is 1. The van der Waals surface area contributed by atoms with Crippen molar-refractivity contribution in [2.75, 3.05) is 7.11 Å². The van der Waals surface area contributed by atoms with Gasteiger partial charge in [0, 0.05) is 12.1 Å². The lowest BCUT2D eigenvalue weighted by Gasteiger charge is -2.12. The van der Waals surface area contributed by atoms with Gasteiger partial charge in [-0.05, 0) is 29.3 Å². The summed E-state index contributed by atoms with van der Waals surface area (Å²) in [6.45, 7) is 0.370. The van der Waals surface area contributed by atoms with Crippen LogP contribution in [0, 0.1) is 5.21 Å². The van der Waals surface area contributed by atoms with Crippen LogP contribution in [0.15, 0.2) is 78.0 Å². The number of ether oxygens (including phenoxy) is 2. The molecule has 0 aliphatic heterocycles. The molecule has 0 atom stereocenters. The van der Waals surface area contributed by atoms with Crippen LogP contribution >= 0.6 is 0 Å². The molecule has 7 heteroatoms. The van der Waals surface area contributed by atoms with Gasteiger partial charge in [0.25, 0.3) is 0 Å². The molecule has 0 fully saturated rings. The van der Waals surface area contributed by atoms with E-state index in [1.54, 1.807) is 18.2 Å². The van der Waals surface area contributed by atoms with Crippen molar-refractivity contribution in [3.8, 4) is 11.5 Å². The predicted octanol–water partition coefficient (Wildman–Crippen LogP) is 2.88. The maximum Gasteiger partial charge on any atom is 0.308 e. The molecule has 0 aliphatic rings. The molecule has 0 unspecified atom stereocenters. The zero-order valence-electron chi connectivity index (χ0n) is 14.7. The van der Waals surface area contributed by atoms with E-state index in [0.29, 0.717) is 28.4 Å². The van der Waals surface area contributed by atoms with E-state index < -0.39 is 9.84 Å². The molecule has 0 saturated heterocycles. The number of methoxy groups -OCH3 is 1. The Morgan fingerprint density at radius 3 is 2.37 bits per heavy atom. The molecule has 140 valence electrons. The minimum absolute atomic E-state index is 0.284. The van der Waals surface area contributed by atoms with E-state index in [4.69, 9.17) is 9.47 Å². The van der Waals surface area contributed by atoms with Gasteiger partial charge >= 0.3 is 5.03 Å². The highest BCUT2D eigenvalue weighted by molar-refractivity contribution is 7.90. The van der Waals surface area contributed by atoms with Crippen molar-refractivity contribution in [1.29, 1.82) is 0 Å². The molecule has 0 bridgehead atoms. The minimum Gasteiger partial charge on any atom is -0.618 e. The Hall–Kier alpha value is -3.06. The maximum atomic E-state index is 12.5. The Morgan fingerprint density at radius 1 is 0.926 bits per heavy atom. The lowest BCUT2D eigenvalue weighted by atomic mass is 10.2. The molecule has 0 saturated carbocycles. The summed E-state index contributed by atoms with van der Waals surface area (Å²) in [5, 5.41) is 11.5. The summed E-state index contributed by atoms with van der Waals surface area (Å²) in [4.78, 5) is 0. The summed E-state index contributed by atoms with van der Waals surface area (Å²) in [6.07, 6.45) is 1.16. The summed E-state index contributed by atoms with van der Waals surface area (Å²) in [7, 11) is -2.29. The molecule has 27 heavy (non-hydrogen) atoms. The Kier molecular flexibility index (Phi) is 5.61. The molecule has 0 amide bonds. The topological polar surface area (TPSA) is 79.5 Å². The normalized spacial score (nSPS) is 11.1. The number of aromatic nitrogens is 1. The second kappa shape index (κ2) is 8.09. The largest absolute Gasteiger partial charge is 0.618 e. The van der Waals surface area contributed by atoms with E-state index >= 15 is 0 Å². The Labute approximate surface area is 158 Å². The molecule has 6 nitrogen and oxygen atoms in total. The Bertz CT molecular complexity index is 1020. The molecule has 3 rings (SSSR count). The third-order valence-corrected chi connectivity index (χ3v) is 5.60. The summed E-state index contributed by atoms with van der Waals surface area (Å²) >= 11 is 0. The van der Waals surface area contributed by atoms with Crippen molar-refractivity contribution in [3.63, 3.8) is 0 Å². The average molecular weight is 385 g/mol. The molecule has 3 aromatic rings. The first-order valence-corrected chi connectivity index (χ1v) is 9.89. The molecule has 0 N–H and O–H groups in total. The number of rotatable bonds is 7. The van der Waals surface area contributed by atoms with Crippen LogP contribution < -0.4 is 14.2 Å². The predicted molar refractivity (Wildman–Crippen MR) is 100 cm³/mol. The highest BCUT2D eigenvalue weighted by Gasteiger charge is 2.24. The molecular formula is C20H19NO5S. The molecule has 1 heterocycles. The minimum atomic E-state index is -3.78. The van der Waals surface area contributed by atoms with Gasteiger partial charge in [0.2, 0.25) is 9.84 Å². The van der Waals surface area contributed by atoms with Crippen LogP contribution in [-0.4, -0.2) is 15.5 Å². The van der Waals surface area contributed by atoms with Crippen LogP contribution in [0.25, 0.3) is 0 Å². The van der Waals surface area contributed by atoms with Crippen molar-refractivity contribution in [1.82, 2.24) is 0 Å². The van der Waals surface area contributed by atoms with E-state index in [-0.39, 0.29) is 10.8 Å². The van der Waals surface area contributed by atoms with Crippen molar-refractivity contribution in [2.45, 2.75) is 17.4 Å². The van der Waals surface area contributed by atoms with Crippen LogP contribution in [-0.2, 0) is 22.2 Å². The second-order valence-corrected chi connectivity index (χ2v) is 7.82. The van der Waals surface area contributed by atoms with Gasteiger partial charge in [0.05, 0.1) is 12.9 Å².